The molecule has 3 rings (SSSR count). The van der Waals surface area contributed by atoms with E-state index >= 15 is 0 Å². The first kappa shape index (κ1) is 21.4. The monoisotopic (exact) mass is 492 g/mol. The van der Waals surface area contributed by atoms with Gasteiger partial charge in [-0.2, -0.15) is 0 Å². The lowest BCUT2D eigenvalue weighted by molar-refractivity contribution is 0.102. The summed E-state index contributed by atoms with van der Waals surface area (Å²) in [5, 5.41) is 3.18. The third kappa shape index (κ3) is 5.18. The maximum absolute atomic E-state index is 12.9. The Morgan fingerprint density at radius 2 is 1.59 bits per heavy atom. The summed E-state index contributed by atoms with van der Waals surface area (Å²) in [6.45, 7) is 3.60. The quantitative estimate of drug-likeness (QED) is 0.473. The van der Waals surface area contributed by atoms with Gasteiger partial charge in [0.2, 0.25) is 0 Å². The van der Waals surface area contributed by atoms with Gasteiger partial charge in [-0.15, -0.1) is 0 Å². The highest BCUT2D eigenvalue weighted by Gasteiger charge is 2.19. The third-order valence-corrected chi connectivity index (χ3v) is 6.98. The van der Waals surface area contributed by atoms with Crippen LogP contribution in [0, 0.1) is 13.8 Å². The molecule has 0 aliphatic heterocycles. The van der Waals surface area contributed by atoms with E-state index in [9.17, 15) is 13.2 Å². The number of anilines is 2. The van der Waals surface area contributed by atoms with Crippen LogP contribution in [0.2, 0.25) is 5.02 Å². The zero-order valence-corrected chi connectivity index (χ0v) is 18.8. The van der Waals surface area contributed by atoms with Crippen LogP contribution < -0.4 is 10.0 Å². The van der Waals surface area contributed by atoms with Crippen molar-refractivity contribution < 1.29 is 13.2 Å². The average molecular weight is 494 g/mol. The van der Waals surface area contributed by atoms with Crippen LogP contribution in [0.1, 0.15) is 21.5 Å². The Kier molecular flexibility index (Phi) is 6.31. The second-order valence-electron chi connectivity index (χ2n) is 6.53. The molecule has 0 unspecified atom stereocenters. The highest BCUT2D eigenvalue weighted by Crippen LogP contribution is 2.26. The van der Waals surface area contributed by atoms with Crippen molar-refractivity contribution in [3.05, 3.63) is 86.8 Å². The van der Waals surface area contributed by atoms with E-state index in [1.165, 1.54) is 6.07 Å². The van der Waals surface area contributed by atoms with Crippen LogP contribution in [-0.2, 0) is 10.0 Å². The van der Waals surface area contributed by atoms with Gasteiger partial charge in [-0.25, -0.2) is 8.42 Å². The molecule has 29 heavy (non-hydrogen) atoms. The lowest BCUT2D eigenvalue weighted by Crippen LogP contribution is -2.17. The van der Waals surface area contributed by atoms with Crippen molar-refractivity contribution in [2.45, 2.75) is 18.7 Å². The van der Waals surface area contributed by atoms with E-state index in [1.54, 1.807) is 49.4 Å². The molecule has 0 fully saturated rings. The summed E-state index contributed by atoms with van der Waals surface area (Å²) < 4.78 is 29.0. The first-order valence-corrected chi connectivity index (χ1v) is 11.3. The van der Waals surface area contributed by atoms with Crippen molar-refractivity contribution in [2.75, 3.05) is 10.0 Å². The third-order valence-electron chi connectivity index (χ3n) is 4.22. The van der Waals surface area contributed by atoms with E-state index < -0.39 is 15.9 Å². The first-order valence-electron chi connectivity index (χ1n) is 8.62. The van der Waals surface area contributed by atoms with Gasteiger partial charge in [0.05, 0.1) is 9.92 Å². The zero-order chi connectivity index (χ0) is 21.2. The fourth-order valence-electron chi connectivity index (χ4n) is 2.64. The van der Waals surface area contributed by atoms with Crippen molar-refractivity contribution in [3.63, 3.8) is 0 Å². The molecule has 0 spiro atoms. The van der Waals surface area contributed by atoms with E-state index in [-0.39, 0.29) is 10.5 Å². The highest BCUT2D eigenvalue weighted by atomic mass is 79.9. The van der Waals surface area contributed by atoms with E-state index in [0.29, 0.717) is 26.4 Å². The minimum Gasteiger partial charge on any atom is -0.322 e. The summed E-state index contributed by atoms with van der Waals surface area (Å²) >= 11 is 9.34. The summed E-state index contributed by atoms with van der Waals surface area (Å²) in [5.74, 6) is -0.435. The molecule has 3 aromatic carbocycles. The van der Waals surface area contributed by atoms with Gasteiger partial charge in [0.25, 0.3) is 15.9 Å². The van der Waals surface area contributed by atoms with Crippen LogP contribution in [0.3, 0.4) is 0 Å². The van der Waals surface area contributed by atoms with Crippen molar-refractivity contribution >= 4 is 54.8 Å². The maximum Gasteiger partial charge on any atom is 0.262 e. The Hall–Kier alpha value is -2.35. The lowest BCUT2D eigenvalue weighted by Gasteiger charge is -2.13. The fraction of sp³-hybridized carbons (Fsp3) is 0.0952. The number of carbonyl (C=O) groups is 1. The van der Waals surface area contributed by atoms with E-state index in [2.05, 4.69) is 26.0 Å². The molecule has 2 N–H and O–H groups in total. The number of carbonyl (C=O) groups excluding carboxylic acids is 1. The molecule has 5 nitrogen and oxygen atoms in total. The number of hydrogen-bond acceptors (Lipinski definition) is 3. The molecule has 1 amide bonds. The van der Waals surface area contributed by atoms with Crippen molar-refractivity contribution in [3.8, 4) is 0 Å². The number of aryl methyl sites for hydroxylation is 2. The summed E-state index contributed by atoms with van der Waals surface area (Å²) in [6.07, 6.45) is 0. The van der Waals surface area contributed by atoms with Gasteiger partial charge in [-0.3, -0.25) is 9.52 Å². The molecule has 0 aliphatic carbocycles. The van der Waals surface area contributed by atoms with E-state index in [4.69, 9.17) is 11.6 Å². The average Bonchev–Trinajstić information content (AvgIpc) is 2.66. The molecule has 0 radical (unpaired) electrons. The van der Waals surface area contributed by atoms with E-state index in [0.717, 1.165) is 5.56 Å². The molecule has 0 aliphatic rings. The van der Waals surface area contributed by atoms with Gasteiger partial charge in [0.1, 0.15) is 0 Å². The van der Waals surface area contributed by atoms with Gasteiger partial charge in [0.15, 0.2) is 0 Å². The Bertz CT molecular complexity index is 1180. The van der Waals surface area contributed by atoms with Gasteiger partial charge in [0, 0.05) is 21.4 Å². The standard InChI is InChI=1S/C21H18BrClN2O3S/c1-13-3-7-16(8-4-13)25-29(27,28)20-11-15(6-5-14(20)2)21(26)24-17-9-10-18(22)19(23)12-17/h3-12,25H,1-2H3,(H,24,26). The highest BCUT2D eigenvalue weighted by molar-refractivity contribution is 9.10. The number of sulfonamides is 1. The minimum absolute atomic E-state index is 0.0413. The van der Waals surface area contributed by atoms with Crippen LogP contribution in [-0.4, -0.2) is 14.3 Å². The summed E-state index contributed by atoms with van der Waals surface area (Å²) in [5.41, 5.74) is 2.74. The Labute approximate surface area is 183 Å². The number of halogens is 2. The molecule has 3 aromatic rings. The molecule has 150 valence electrons. The van der Waals surface area contributed by atoms with Crippen molar-refractivity contribution in [2.24, 2.45) is 0 Å². The molecule has 0 bridgehead atoms. The molecule has 0 saturated heterocycles. The van der Waals surface area contributed by atoms with Crippen molar-refractivity contribution in [1.82, 2.24) is 0 Å². The fourth-order valence-corrected chi connectivity index (χ4v) is 4.40. The van der Waals surface area contributed by atoms with E-state index in [1.807, 2.05) is 19.1 Å². The minimum atomic E-state index is -3.86. The first-order chi connectivity index (χ1) is 13.7. The summed E-state index contributed by atoms with van der Waals surface area (Å²) in [7, 11) is -3.86. The lowest BCUT2D eigenvalue weighted by atomic mass is 10.1. The summed E-state index contributed by atoms with van der Waals surface area (Å²) in [6, 6.07) is 16.6. The SMILES string of the molecule is Cc1ccc(NS(=O)(=O)c2cc(C(=O)Nc3ccc(Br)c(Cl)c3)ccc2C)cc1. The van der Waals surface area contributed by atoms with Gasteiger partial charge in [-0.1, -0.05) is 35.4 Å². The number of hydrogen-bond donors (Lipinski definition) is 2. The predicted octanol–water partition coefficient (Wildman–Crippen LogP) is 5.77. The van der Waals surface area contributed by atoms with Gasteiger partial charge >= 0.3 is 0 Å². The molecule has 0 atom stereocenters. The largest absolute Gasteiger partial charge is 0.322 e. The van der Waals surface area contributed by atoms with Crippen molar-refractivity contribution in [1.29, 1.82) is 0 Å². The zero-order valence-electron chi connectivity index (χ0n) is 15.7. The molecular weight excluding hydrogens is 476 g/mol. The second-order valence-corrected chi connectivity index (χ2v) is 9.45. The number of nitrogens with one attached hydrogen (secondary N) is 2. The van der Waals surface area contributed by atoms with Crippen LogP contribution in [0.5, 0.6) is 0 Å². The Morgan fingerprint density at radius 1 is 0.931 bits per heavy atom. The number of amides is 1. The van der Waals surface area contributed by atoms with Crippen LogP contribution in [0.25, 0.3) is 0 Å². The topological polar surface area (TPSA) is 75.3 Å². The summed E-state index contributed by atoms with van der Waals surface area (Å²) in [4.78, 5) is 12.7. The molecule has 0 saturated carbocycles. The Morgan fingerprint density at radius 3 is 2.24 bits per heavy atom. The molecular formula is C21H18BrClN2O3S. The van der Waals surface area contributed by atoms with Crippen LogP contribution in [0.4, 0.5) is 11.4 Å². The smallest absolute Gasteiger partial charge is 0.262 e. The van der Waals surface area contributed by atoms with Gasteiger partial charge < -0.3 is 5.32 Å². The molecule has 0 aromatic heterocycles. The van der Waals surface area contributed by atoms with Crippen LogP contribution in [0.15, 0.2) is 70.0 Å². The number of benzene rings is 3. The molecule has 0 heterocycles. The maximum atomic E-state index is 12.9. The predicted molar refractivity (Wildman–Crippen MR) is 120 cm³/mol. The van der Waals surface area contributed by atoms with Gasteiger partial charge in [-0.05, 0) is 77.8 Å². The normalized spacial score (nSPS) is 11.2. The second kappa shape index (κ2) is 8.57. The number of rotatable bonds is 5. The Balaban J connectivity index is 1.87. The van der Waals surface area contributed by atoms with Crippen LogP contribution >= 0.6 is 27.5 Å². The molecule has 8 heteroatoms.